The summed E-state index contributed by atoms with van der Waals surface area (Å²) in [7, 11) is 0. The molecule has 0 saturated heterocycles. The number of aromatic nitrogens is 4. The molecule has 1 aliphatic rings. The maximum Gasteiger partial charge on any atom is 0.226 e. The smallest absolute Gasteiger partial charge is 0.226 e. The van der Waals surface area contributed by atoms with Crippen LogP contribution in [-0.2, 0) is 0 Å². The second-order valence-corrected chi connectivity index (χ2v) is 6.85. The first kappa shape index (κ1) is 16.8. The summed E-state index contributed by atoms with van der Waals surface area (Å²) in [6.45, 7) is 0.822. The van der Waals surface area contributed by atoms with E-state index < -0.39 is 0 Å². The van der Waals surface area contributed by atoms with Crippen LogP contribution in [0.1, 0.15) is 32.1 Å². The summed E-state index contributed by atoms with van der Waals surface area (Å²) in [6.07, 6.45) is 10.1. The third-order valence-corrected chi connectivity index (χ3v) is 4.76. The SMILES string of the molecule is Clc1ccc(Nc2nc(NCCC3=CCCCC3)nc3nc[nH]c23)cc1. The van der Waals surface area contributed by atoms with Crippen LogP contribution in [0, 0.1) is 0 Å². The molecule has 0 amide bonds. The van der Waals surface area contributed by atoms with Crippen molar-refractivity contribution in [2.75, 3.05) is 17.2 Å². The Bertz CT molecular complexity index is 915. The van der Waals surface area contributed by atoms with E-state index in [0.29, 0.717) is 22.4 Å². The first-order valence-corrected chi connectivity index (χ1v) is 9.31. The third-order valence-electron chi connectivity index (χ3n) is 4.51. The van der Waals surface area contributed by atoms with Gasteiger partial charge in [-0.1, -0.05) is 23.3 Å². The van der Waals surface area contributed by atoms with E-state index in [0.717, 1.165) is 24.2 Å². The molecule has 0 spiro atoms. The minimum absolute atomic E-state index is 0.581. The van der Waals surface area contributed by atoms with Crippen molar-refractivity contribution in [2.24, 2.45) is 0 Å². The van der Waals surface area contributed by atoms with E-state index in [9.17, 15) is 0 Å². The van der Waals surface area contributed by atoms with Gasteiger partial charge in [0, 0.05) is 17.3 Å². The Labute approximate surface area is 157 Å². The minimum Gasteiger partial charge on any atom is -0.354 e. The van der Waals surface area contributed by atoms with Crippen molar-refractivity contribution in [1.29, 1.82) is 0 Å². The maximum absolute atomic E-state index is 5.95. The molecule has 3 N–H and O–H groups in total. The average Bonchev–Trinajstić information content (AvgIpc) is 3.13. The molecule has 26 heavy (non-hydrogen) atoms. The molecule has 0 atom stereocenters. The van der Waals surface area contributed by atoms with Gasteiger partial charge in [-0.05, 0) is 56.4 Å². The zero-order valence-corrected chi connectivity index (χ0v) is 15.2. The first-order chi connectivity index (χ1) is 12.8. The van der Waals surface area contributed by atoms with Crippen molar-refractivity contribution in [1.82, 2.24) is 19.9 Å². The molecular formula is C19H21ClN6. The van der Waals surface area contributed by atoms with Crippen molar-refractivity contribution in [3.63, 3.8) is 0 Å². The van der Waals surface area contributed by atoms with Gasteiger partial charge in [0.1, 0.15) is 5.52 Å². The highest BCUT2D eigenvalue weighted by Gasteiger charge is 2.11. The minimum atomic E-state index is 0.581. The third kappa shape index (κ3) is 3.96. The summed E-state index contributed by atoms with van der Waals surface area (Å²) in [5.41, 5.74) is 3.85. The summed E-state index contributed by atoms with van der Waals surface area (Å²) in [4.78, 5) is 16.5. The predicted octanol–water partition coefficient (Wildman–Crippen LogP) is 5.05. The number of halogens is 1. The van der Waals surface area contributed by atoms with Crippen LogP contribution in [0.4, 0.5) is 17.5 Å². The number of benzene rings is 1. The Morgan fingerprint density at radius 1 is 1.12 bits per heavy atom. The van der Waals surface area contributed by atoms with E-state index in [-0.39, 0.29) is 0 Å². The normalized spacial score (nSPS) is 14.3. The lowest BCUT2D eigenvalue weighted by atomic mass is 9.97. The van der Waals surface area contributed by atoms with Gasteiger partial charge in [-0.15, -0.1) is 0 Å². The van der Waals surface area contributed by atoms with Crippen LogP contribution < -0.4 is 10.6 Å². The fraction of sp³-hybridized carbons (Fsp3) is 0.316. The van der Waals surface area contributed by atoms with Gasteiger partial charge in [0.25, 0.3) is 0 Å². The highest BCUT2D eigenvalue weighted by atomic mass is 35.5. The lowest BCUT2D eigenvalue weighted by molar-refractivity contribution is 0.679. The molecule has 1 aliphatic carbocycles. The number of hydrogen-bond donors (Lipinski definition) is 3. The van der Waals surface area contributed by atoms with Crippen molar-refractivity contribution >= 4 is 40.2 Å². The molecule has 0 radical (unpaired) electrons. The molecule has 4 rings (SSSR count). The second-order valence-electron chi connectivity index (χ2n) is 6.41. The van der Waals surface area contributed by atoms with Gasteiger partial charge in [-0.25, -0.2) is 4.98 Å². The lowest BCUT2D eigenvalue weighted by Crippen LogP contribution is -2.09. The van der Waals surface area contributed by atoms with Gasteiger partial charge in [0.2, 0.25) is 5.95 Å². The number of imidazole rings is 1. The Morgan fingerprint density at radius 2 is 2.00 bits per heavy atom. The van der Waals surface area contributed by atoms with Crippen LogP contribution in [-0.4, -0.2) is 26.5 Å². The number of nitrogens with one attached hydrogen (secondary N) is 3. The Balaban J connectivity index is 1.50. The molecule has 1 aromatic carbocycles. The van der Waals surface area contributed by atoms with Gasteiger partial charge < -0.3 is 15.6 Å². The van der Waals surface area contributed by atoms with Crippen LogP contribution >= 0.6 is 11.6 Å². The summed E-state index contributed by atoms with van der Waals surface area (Å²) in [5.74, 6) is 1.27. The number of aromatic amines is 1. The van der Waals surface area contributed by atoms with Crippen molar-refractivity contribution in [3.05, 3.63) is 47.3 Å². The first-order valence-electron chi connectivity index (χ1n) is 8.93. The Hall–Kier alpha value is -2.60. The molecule has 6 nitrogen and oxygen atoms in total. The molecule has 0 bridgehead atoms. The average molecular weight is 369 g/mol. The van der Waals surface area contributed by atoms with Crippen LogP contribution in [0.25, 0.3) is 11.2 Å². The zero-order valence-electron chi connectivity index (χ0n) is 14.4. The molecule has 134 valence electrons. The molecule has 0 saturated carbocycles. The zero-order chi connectivity index (χ0) is 17.8. The maximum atomic E-state index is 5.95. The summed E-state index contributed by atoms with van der Waals surface area (Å²) >= 11 is 5.95. The Kier molecular flexibility index (Phi) is 5.02. The van der Waals surface area contributed by atoms with Crippen molar-refractivity contribution in [2.45, 2.75) is 32.1 Å². The van der Waals surface area contributed by atoms with Crippen molar-refractivity contribution in [3.8, 4) is 0 Å². The van der Waals surface area contributed by atoms with Gasteiger partial charge in [-0.3, -0.25) is 0 Å². The molecule has 2 aromatic heterocycles. The topological polar surface area (TPSA) is 78.5 Å². The summed E-state index contributed by atoms with van der Waals surface area (Å²) < 4.78 is 0. The van der Waals surface area contributed by atoms with E-state index in [1.807, 2.05) is 24.3 Å². The van der Waals surface area contributed by atoms with E-state index in [4.69, 9.17) is 11.6 Å². The van der Waals surface area contributed by atoms with E-state index >= 15 is 0 Å². The number of H-pyrrole nitrogens is 1. The Morgan fingerprint density at radius 3 is 2.81 bits per heavy atom. The highest BCUT2D eigenvalue weighted by Crippen LogP contribution is 2.24. The van der Waals surface area contributed by atoms with Crippen molar-refractivity contribution < 1.29 is 0 Å². The largest absolute Gasteiger partial charge is 0.354 e. The predicted molar refractivity (Wildman–Crippen MR) is 106 cm³/mol. The molecule has 0 fully saturated rings. The molecule has 3 aromatic rings. The lowest BCUT2D eigenvalue weighted by Gasteiger charge is -2.13. The number of rotatable bonds is 6. The molecule has 7 heteroatoms. The fourth-order valence-corrected chi connectivity index (χ4v) is 3.27. The molecule has 0 aliphatic heterocycles. The number of allylic oxidation sites excluding steroid dienone is 1. The number of anilines is 3. The van der Waals surface area contributed by atoms with Crippen LogP contribution in [0.5, 0.6) is 0 Å². The van der Waals surface area contributed by atoms with Gasteiger partial charge in [-0.2, -0.15) is 9.97 Å². The molecular weight excluding hydrogens is 348 g/mol. The van der Waals surface area contributed by atoms with E-state index in [2.05, 4.69) is 36.6 Å². The second kappa shape index (κ2) is 7.74. The number of nitrogens with zero attached hydrogens (tertiary/aromatic N) is 3. The van der Waals surface area contributed by atoms with Gasteiger partial charge >= 0.3 is 0 Å². The quantitative estimate of drug-likeness (QED) is 0.530. The van der Waals surface area contributed by atoms with Crippen LogP contribution in [0.15, 0.2) is 42.2 Å². The van der Waals surface area contributed by atoms with Gasteiger partial charge in [0.15, 0.2) is 11.5 Å². The number of hydrogen-bond acceptors (Lipinski definition) is 5. The molecule has 0 unspecified atom stereocenters. The monoisotopic (exact) mass is 368 g/mol. The van der Waals surface area contributed by atoms with Crippen LogP contribution in [0.2, 0.25) is 5.02 Å². The molecule has 2 heterocycles. The fourth-order valence-electron chi connectivity index (χ4n) is 3.14. The summed E-state index contributed by atoms with van der Waals surface area (Å²) in [6, 6.07) is 7.50. The highest BCUT2D eigenvalue weighted by molar-refractivity contribution is 6.30. The van der Waals surface area contributed by atoms with Gasteiger partial charge in [0.05, 0.1) is 6.33 Å². The standard InChI is InChI=1S/C19H21ClN6/c20-14-6-8-15(9-7-14)24-18-16-17(23-12-22-16)25-19(26-18)21-11-10-13-4-2-1-3-5-13/h4,6-9,12H,1-3,5,10-11H2,(H3,21,22,23,24,25,26). The summed E-state index contributed by atoms with van der Waals surface area (Å²) in [5, 5.41) is 7.34. The van der Waals surface area contributed by atoms with E-state index in [1.54, 1.807) is 6.33 Å². The number of fused-ring (bicyclic) bond motifs is 1. The van der Waals surface area contributed by atoms with E-state index in [1.165, 1.54) is 31.3 Å². The van der Waals surface area contributed by atoms with Crippen LogP contribution in [0.3, 0.4) is 0 Å².